The number of aliphatic hydroxyl groups is 1. The molecule has 0 atom stereocenters. The van der Waals surface area contributed by atoms with Gasteiger partial charge in [-0.05, 0) is 30.5 Å². The van der Waals surface area contributed by atoms with Gasteiger partial charge in [-0.15, -0.1) is 0 Å². The van der Waals surface area contributed by atoms with Crippen LogP contribution in [0, 0.1) is 0 Å². The molecule has 140 valence electrons. The number of rotatable bonds is 4. The van der Waals surface area contributed by atoms with E-state index in [0.717, 1.165) is 30.5 Å². The molecule has 2 aromatic carbocycles. The molecule has 4 rings (SSSR count). The third-order valence-corrected chi connectivity index (χ3v) is 5.70. The quantitative estimate of drug-likeness (QED) is 0.680. The van der Waals surface area contributed by atoms with Gasteiger partial charge in [0.2, 0.25) is 0 Å². The third kappa shape index (κ3) is 3.65. The van der Waals surface area contributed by atoms with Gasteiger partial charge in [-0.2, -0.15) is 0 Å². The number of fused-ring (bicyclic) bond motifs is 1. The zero-order valence-corrected chi connectivity index (χ0v) is 16.1. The second-order valence-corrected chi connectivity index (χ2v) is 7.51. The molecular weight excluding hydrogens is 360 g/mol. The molecular formula is C22H23ClN2O2. The van der Waals surface area contributed by atoms with Crippen LogP contribution < -0.4 is 4.74 Å². The largest absolute Gasteiger partial charge is 0.494 e. The first kappa shape index (κ1) is 18.2. The smallest absolute Gasteiger partial charge is 0.145 e. The average Bonchev–Trinajstić information content (AvgIpc) is 2.70. The summed E-state index contributed by atoms with van der Waals surface area (Å²) in [6, 6.07) is 18.1. The van der Waals surface area contributed by atoms with Gasteiger partial charge in [0.25, 0.3) is 0 Å². The minimum atomic E-state index is -0.950. The van der Waals surface area contributed by atoms with Crippen LogP contribution in [0.1, 0.15) is 24.0 Å². The van der Waals surface area contributed by atoms with Crippen LogP contribution in [0.4, 0.5) is 0 Å². The standard InChI is InChI=1S/C22H23ClN2O2/c1-27-19-9-5-8-17-14-18(21(23)24-20(17)19)22(26)10-12-25(13-11-22)15-16-6-3-2-4-7-16/h2-9,14,26H,10-13,15H2,1H3. The Bertz CT molecular complexity index is 938. The van der Waals surface area contributed by atoms with Gasteiger partial charge in [0.1, 0.15) is 16.4 Å². The Labute approximate surface area is 164 Å². The minimum absolute atomic E-state index is 0.353. The SMILES string of the molecule is COc1cccc2cc(C3(O)CCN(Cc4ccccc4)CC3)c(Cl)nc12. The summed E-state index contributed by atoms with van der Waals surface area (Å²) in [5, 5.41) is 12.6. The maximum atomic E-state index is 11.3. The Morgan fingerprint density at radius 2 is 1.85 bits per heavy atom. The second-order valence-electron chi connectivity index (χ2n) is 7.15. The van der Waals surface area contributed by atoms with Gasteiger partial charge in [0, 0.05) is 30.6 Å². The van der Waals surface area contributed by atoms with Gasteiger partial charge in [0.05, 0.1) is 12.7 Å². The predicted molar refractivity (Wildman–Crippen MR) is 108 cm³/mol. The molecule has 4 nitrogen and oxygen atoms in total. The molecule has 0 bridgehead atoms. The van der Waals surface area contributed by atoms with E-state index in [9.17, 15) is 5.11 Å². The summed E-state index contributed by atoms with van der Waals surface area (Å²) in [6.45, 7) is 2.54. The molecule has 1 saturated heterocycles. The number of nitrogens with zero attached hydrogens (tertiary/aromatic N) is 2. The van der Waals surface area contributed by atoms with Gasteiger partial charge in [-0.25, -0.2) is 4.98 Å². The molecule has 1 fully saturated rings. The Kier molecular flexibility index (Phi) is 5.04. The van der Waals surface area contributed by atoms with Gasteiger partial charge < -0.3 is 9.84 Å². The van der Waals surface area contributed by atoms with Crippen molar-refractivity contribution >= 4 is 22.5 Å². The summed E-state index contributed by atoms with van der Waals surface area (Å²) < 4.78 is 5.37. The van der Waals surface area contributed by atoms with Crippen LogP contribution in [0.25, 0.3) is 10.9 Å². The highest BCUT2D eigenvalue weighted by Gasteiger charge is 2.36. The van der Waals surface area contributed by atoms with Crippen molar-refractivity contribution in [2.75, 3.05) is 20.2 Å². The molecule has 0 radical (unpaired) electrons. The lowest BCUT2D eigenvalue weighted by Gasteiger charge is -2.38. The molecule has 27 heavy (non-hydrogen) atoms. The fourth-order valence-electron chi connectivity index (χ4n) is 3.83. The van der Waals surface area contributed by atoms with Crippen LogP contribution in [0.15, 0.2) is 54.6 Å². The second kappa shape index (κ2) is 7.47. The Hall–Kier alpha value is -2.14. The Morgan fingerprint density at radius 3 is 2.56 bits per heavy atom. The van der Waals surface area contributed by atoms with Crippen molar-refractivity contribution < 1.29 is 9.84 Å². The van der Waals surface area contributed by atoms with Crippen LogP contribution >= 0.6 is 11.6 Å². The van der Waals surface area contributed by atoms with Gasteiger partial charge in [0.15, 0.2) is 0 Å². The first-order valence-electron chi connectivity index (χ1n) is 9.21. The van der Waals surface area contributed by atoms with Crippen LogP contribution in [0.2, 0.25) is 5.15 Å². The van der Waals surface area contributed by atoms with Crippen LogP contribution in [-0.4, -0.2) is 35.2 Å². The molecule has 0 aliphatic carbocycles. The summed E-state index contributed by atoms with van der Waals surface area (Å²) >= 11 is 6.48. The zero-order valence-electron chi connectivity index (χ0n) is 15.4. The number of ether oxygens (including phenoxy) is 1. The van der Waals surface area contributed by atoms with Crippen molar-refractivity contribution in [3.05, 3.63) is 70.9 Å². The number of benzene rings is 2. The number of likely N-dealkylation sites (tertiary alicyclic amines) is 1. The number of para-hydroxylation sites is 1. The molecule has 3 aromatic rings. The Morgan fingerprint density at radius 1 is 1.11 bits per heavy atom. The Balaban J connectivity index is 1.56. The third-order valence-electron chi connectivity index (χ3n) is 5.42. The number of pyridine rings is 1. The van der Waals surface area contributed by atoms with E-state index < -0.39 is 5.60 Å². The molecule has 0 saturated carbocycles. The van der Waals surface area contributed by atoms with Crippen molar-refractivity contribution in [2.24, 2.45) is 0 Å². The molecule has 0 amide bonds. The van der Waals surface area contributed by atoms with Gasteiger partial charge in [-0.1, -0.05) is 54.1 Å². The summed E-state index contributed by atoms with van der Waals surface area (Å²) in [5.41, 5.74) is 1.78. The van der Waals surface area contributed by atoms with Crippen LogP contribution in [0.5, 0.6) is 5.75 Å². The monoisotopic (exact) mass is 382 g/mol. The summed E-state index contributed by atoms with van der Waals surface area (Å²) in [4.78, 5) is 6.89. The maximum Gasteiger partial charge on any atom is 0.145 e. The zero-order chi connectivity index (χ0) is 18.9. The summed E-state index contributed by atoms with van der Waals surface area (Å²) in [5.74, 6) is 0.686. The lowest BCUT2D eigenvalue weighted by atomic mass is 9.84. The van der Waals surface area contributed by atoms with Crippen molar-refractivity contribution in [1.82, 2.24) is 9.88 Å². The van der Waals surface area contributed by atoms with Crippen molar-refractivity contribution in [3.8, 4) is 5.75 Å². The van der Waals surface area contributed by atoms with Crippen molar-refractivity contribution in [2.45, 2.75) is 25.0 Å². The maximum absolute atomic E-state index is 11.3. The normalized spacial score (nSPS) is 17.1. The van der Waals surface area contributed by atoms with Crippen molar-refractivity contribution in [1.29, 1.82) is 0 Å². The van der Waals surface area contributed by atoms with E-state index in [1.165, 1.54) is 5.56 Å². The van der Waals surface area contributed by atoms with E-state index in [0.29, 0.717) is 29.3 Å². The van der Waals surface area contributed by atoms with Gasteiger partial charge in [-0.3, -0.25) is 4.90 Å². The number of halogens is 1. The molecule has 2 heterocycles. The fourth-order valence-corrected chi connectivity index (χ4v) is 4.15. The molecule has 5 heteroatoms. The number of methoxy groups -OCH3 is 1. The summed E-state index contributed by atoms with van der Waals surface area (Å²) in [7, 11) is 1.62. The molecule has 1 aromatic heterocycles. The number of hydrogen-bond donors (Lipinski definition) is 1. The lowest BCUT2D eigenvalue weighted by Crippen LogP contribution is -2.42. The van der Waals surface area contributed by atoms with Crippen LogP contribution in [-0.2, 0) is 12.1 Å². The number of piperidine rings is 1. The topological polar surface area (TPSA) is 45.6 Å². The van der Waals surface area contributed by atoms with Crippen molar-refractivity contribution in [3.63, 3.8) is 0 Å². The van der Waals surface area contributed by atoms with Crippen LogP contribution in [0.3, 0.4) is 0 Å². The highest BCUT2D eigenvalue weighted by atomic mass is 35.5. The van der Waals surface area contributed by atoms with E-state index in [2.05, 4.69) is 34.1 Å². The lowest BCUT2D eigenvalue weighted by molar-refractivity contribution is -0.0277. The number of aromatic nitrogens is 1. The van der Waals surface area contributed by atoms with E-state index in [4.69, 9.17) is 16.3 Å². The average molecular weight is 383 g/mol. The van der Waals surface area contributed by atoms with E-state index in [1.54, 1.807) is 7.11 Å². The molecule has 1 N–H and O–H groups in total. The fraction of sp³-hybridized carbons (Fsp3) is 0.318. The first-order valence-corrected chi connectivity index (χ1v) is 9.59. The minimum Gasteiger partial charge on any atom is -0.494 e. The summed E-state index contributed by atoms with van der Waals surface area (Å²) in [6.07, 6.45) is 1.27. The molecule has 0 spiro atoms. The highest BCUT2D eigenvalue weighted by Crippen LogP contribution is 2.39. The molecule has 1 aliphatic heterocycles. The highest BCUT2D eigenvalue weighted by molar-refractivity contribution is 6.30. The van der Waals surface area contributed by atoms with E-state index >= 15 is 0 Å². The predicted octanol–water partition coefficient (Wildman–Crippen LogP) is 4.38. The van der Waals surface area contributed by atoms with E-state index in [-0.39, 0.29) is 0 Å². The number of hydrogen-bond acceptors (Lipinski definition) is 4. The first-order chi connectivity index (χ1) is 13.1. The molecule has 1 aliphatic rings. The van der Waals surface area contributed by atoms with Gasteiger partial charge >= 0.3 is 0 Å². The van der Waals surface area contributed by atoms with E-state index in [1.807, 2.05) is 30.3 Å². The molecule has 0 unspecified atom stereocenters.